The molecule has 0 aromatic heterocycles. The molecule has 1 heterocycles. The van der Waals surface area contributed by atoms with Gasteiger partial charge >= 0.3 is 0 Å². The Balaban J connectivity index is 2.24. The number of nitrogens with zero attached hydrogens (tertiary/aromatic N) is 1. The highest BCUT2D eigenvalue weighted by molar-refractivity contribution is 7.87. The van der Waals surface area contributed by atoms with Gasteiger partial charge in [-0.15, -0.1) is 11.6 Å². The van der Waals surface area contributed by atoms with E-state index in [4.69, 9.17) is 11.6 Å². The predicted molar refractivity (Wildman–Crippen MR) is 71.5 cm³/mol. The van der Waals surface area contributed by atoms with Crippen molar-refractivity contribution in [2.45, 2.75) is 39.0 Å². The second kappa shape index (κ2) is 7.56. The van der Waals surface area contributed by atoms with Gasteiger partial charge in [0.1, 0.15) is 0 Å². The van der Waals surface area contributed by atoms with Crippen LogP contribution in [0.4, 0.5) is 0 Å². The molecule has 1 fully saturated rings. The number of hydrogen-bond donors (Lipinski definition) is 1. The van der Waals surface area contributed by atoms with Gasteiger partial charge in [-0.2, -0.15) is 12.7 Å². The van der Waals surface area contributed by atoms with E-state index >= 15 is 0 Å². The maximum absolute atomic E-state index is 11.9. The van der Waals surface area contributed by atoms with Crippen LogP contribution in [-0.2, 0) is 10.2 Å². The molecule has 1 aliphatic heterocycles. The van der Waals surface area contributed by atoms with Crippen LogP contribution in [0.15, 0.2) is 0 Å². The van der Waals surface area contributed by atoms with Crippen LogP contribution >= 0.6 is 11.6 Å². The Morgan fingerprint density at radius 1 is 1.29 bits per heavy atom. The fourth-order valence-corrected chi connectivity index (χ4v) is 3.40. The predicted octanol–water partition coefficient (Wildman–Crippen LogP) is 1.96. The normalized spacial score (nSPS) is 20.4. The summed E-state index contributed by atoms with van der Waals surface area (Å²) in [4.78, 5) is 0. The first kappa shape index (κ1) is 15.2. The van der Waals surface area contributed by atoms with Crippen molar-refractivity contribution in [1.29, 1.82) is 0 Å². The molecule has 0 bridgehead atoms. The molecule has 4 nitrogen and oxygen atoms in total. The average molecular weight is 283 g/mol. The van der Waals surface area contributed by atoms with E-state index in [1.165, 1.54) is 0 Å². The van der Waals surface area contributed by atoms with Crippen LogP contribution in [0.3, 0.4) is 0 Å². The Kier molecular flexibility index (Phi) is 6.77. The minimum Gasteiger partial charge on any atom is -0.202 e. The molecule has 1 aliphatic rings. The molecule has 0 aliphatic carbocycles. The molecule has 0 amide bonds. The molecule has 0 spiro atoms. The molecular weight excluding hydrogens is 260 g/mol. The fraction of sp³-hybridized carbons (Fsp3) is 1.00. The monoisotopic (exact) mass is 282 g/mol. The maximum Gasteiger partial charge on any atom is 0.279 e. The third-order valence-corrected chi connectivity index (χ3v) is 5.22. The standard InChI is InChI=1S/C11H23ClN2O2S/c1-11(10-12)6-5-7-13-17(15,16)14-8-3-2-4-9-14/h11,13H,2-10H2,1H3. The molecule has 0 aromatic rings. The smallest absolute Gasteiger partial charge is 0.202 e. The highest BCUT2D eigenvalue weighted by atomic mass is 35.5. The average Bonchev–Trinajstić information content (AvgIpc) is 2.35. The Morgan fingerprint density at radius 3 is 2.53 bits per heavy atom. The van der Waals surface area contributed by atoms with Crippen molar-refractivity contribution in [3.8, 4) is 0 Å². The third kappa shape index (κ3) is 5.55. The molecule has 1 atom stereocenters. The lowest BCUT2D eigenvalue weighted by Crippen LogP contribution is -2.43. The molecule has 0 saturated carbocycles. The van der Waals surface area contributed by atoms with Gasteiger partial charge in [-0.05, 0) is 31.6 Å². The first-order valence-electron chi connectivity index (χ1n) is 6.37. The minimum atomic E-state index is -3.24. The van der Waals surface area contributed by atoms with Crippen molar-refractivity contribution in [3.05, 3.63) is 0 Å². The number of hydrogen-bond acceptors (Lipinski definition) is 2. The van der Waals surface area contributed by atoms with Crippen molar-refractivity contribution in [1.82, 2.24) is 9.03 Å². The zero-order valence-corrected chi connectivity index (χ0v) is 12.1. The fourth-order valence-electron chi connectivity index (χ4n) is 1.93. The molecule has 0 aromatic carbocycles. The van der Waals surface area contributed by atoms with Gasteiger partial charge in [0, 0.05) is 25.5 Å². The Morgan fingerprint density at radius 2 is 1.94 bits per heavy atom. The molecule has 1 unspecified atom stereocenters. The lowest BCUT2D eigenvalue weighted by molar-refractivity contribution is 0.341. The largest absolute Gasteiger partial charge is 0.279 e. The van der Waals surface area contributed by atoms with E-state index < -0.39 is 10.2 Å². The van der Waals surface area contributed by atoms with Crippen molar-refractivity contribution in [3.63, 3.8) is 0 Å². The van der Waals surface area contributed by atoms with Crippen LogP contribution in [-0.4, -0.2) is 38.2 Å². The highest BCUT2D eigenvalue weighted by Crippen LogP contribution is 2.12. The minimum absolute atomic E-state index is 0.455. The van der Waals surface area contributed by atoms with Crippen molar-refractivity contribution in [2.75, 3.05) is 25.5 Å². The summed E-state index contributed by atoms with van der Waals surface area (Å²) in [6, 6.07) is 0. The second-order valence-corrected chi connectivity index (χ2v) is 6.82. The summed E-state index contributed by atoms with van der Waals surface area (Å²) in [6.07, 6.45) is 4.90. The van der Waals surface area contributed by atoms with E-state index in [-0.39, 0.29) is 0 Å². The summed E-state index contributed by atoms with van der Waals surface area (Å²) in [5, 5.41) is 0. The molecular formula is C11H23ClN2O2S. The van der Waals surface area contributed by atoms with Crippen LogP contribution < -0.4 is 4.72 Å². The lowest BCUT2D eigenvalue weighted by Gasteiger charge is -2.25. The van der Waals surface area contributed by atoms with Crippen LogP contribution in [0.25, 0.3) is 0 Å². The molecule has 102 valence electrons. The molecule has 1 saturated heterocycles. The summed E-state index contributed by atoms with van der Waals surface area (Å²) >= 11 is 5.70. The van der Waals surface area contributed by atoms with E-state index in [1.54, 1.807) is 4.31 Å². The van der Waals surface area contributed by atoms with Crippen LogP contribution in [0, 0.1) is 5.92 Å². The Labute approximate surface area is 110 Å². The van der Waals surface area contributed by atoms with Crippen molar-refractivity contribution < 1.29 is 8.42 Å². The number of rotatable bonds is 7. The van der Waals surface area contributed by atoms with Crippen LogP contribution in [0.5, 0.6) is 0 Å². The van der Waals surface area contributed by atoms with Crippen LogP contribution in [0.1, 0.15) is 39.0 Å². The van der Waals surface area contributed by atoms with Gasteiger partial charge in [-0.3, -0.25) is 0 Å². The number of piperidine rings is 1. The van der Waals surface area contributed by atoms with Crippen molar-refractivity contribution in [2.24, 2.45) is 5.92 Å². The van der Waals surface area contributed by atoms with Crippen molar-refractivity contribution >= 4 is 21.8 Å². The van der Waals surface area contributed by atoms with E-state index in [9.17, 15) is 8.42 Å². The summed E-state index contributed by atoms with van der Waals surface area (Å²) in [5.41, 5.74) is 0. The Bertz CT molecular complexity index is 303. The molecule has 17 heavy (non-hydrogen) atoms. The van der Waals surface area contributed by atoms with Gasteiger partial charge in [0.15, 0.2) is 0 Å². The zero-order valence-electron chi connectivity index (χ0n) is 10.5. The summed E-state index contributed by atoms with van der Waals surface area (Å²) in [7, 11) is -3.24. The summed E-state index contributed by atoms with van der Waals surface area (Å²) in [5.74, 6) is 1.09. The van der Waals surface area contributed by atoms with Gasteiger partial charge in [-0.1, -0.05) is 13.3 Å². The van der Waals surface area contributed by atoms with Gasteiger partial charge < -0.3 is 0 Å². The van der Waals surface area contributed by atoms with E-state index in [0.29, 0.717) is 31.4 Å². The quantitative estimate of drug-likeness (QED) is 0.573. The van der Waals surface area contributed by atoms with Gasteiger partial charge in [0.25, 0.3) is 10.2 Å². The first-order chi connectivity index (χ1) is 8.06. The lowest BCUT2D eigenvalue weighted by atomic mass is 10.1. The summed E-state index contributed by atoms with van der Waals surface area (Å²) in [6.45, 7) is 3.91. The SMILES string of the molecule is CC(CCl)CCCNS(=O)(=O)N1CCCCC1. The van der Waals surface area contributed by atoms with Gasteiger partial charge in [-0.25, -0.2) is 4.72 Å². The molecule has 6 heteroatoms. The topological polar surface area (TPSA) is 49.4 Å². The van der Waals surface area contributed by atoms with E-state index in [1.807, 2.05) is 0 Å². The Hall–Kier alpha value is 0.160. The molecule has 1 N–H and O–H groups in total. The van der Waals surface area contributed by atoms with E-state index in [0.717, 1.165) is 32.1 Å². The zero-order chi connectivity index (χ0) is 12.7. The third-order valence-electron chi connectivity index (χ3n) is 3.08. The number of nitrogens with one attached hydrogen (secondary N) is 1. The van der Waals surface area contributed by atoms with Crippen LogP contribution in [0.2, 0.25) is 0 Å². The first-order valence-corrected chi connectivity index (χ1v) is 8.34. The summed E-state index contributed by atoms with van der Waals surface area (Å²) < 4.78 is 28.0. The van der Waals surface area contributed by atoms with Gasteiger partial charge in [0.05, 0.1) is 0 Å². The molecule has 1 rings (SSSR count). The second-order valence-electron chi connectivity index (χ2n) is 4.76. The maximum atomic E-state index is 11.9. The van der Waals surface area contributed by atoms with E-state index in [2.05, 4.69) is 11.6 Å². The highest BCUT2D eigenvalue weighted by Gasteiger charge is 2.22. The van der Waals surface area contributed by atoms with Gasteiger partial charge in [0.2, 0.25) is 0 Å². The number of alkyl halides is 1. The molecule has 0 radical (unpaired) electrons. The number of halogens is 1.